The molecule has 0 saturated heterocycles. The number of halogens is 3. The largest absolute Gasteiger partial charge is 0.417 e. The molecule has 0 aliphatic heterocycles. The molecule has 1 aromatic rings. The molecular weight excluding hydrogens is 336 g/mol. The zero-order valence-corrected chi connectivity index (χ0v) is 11.6. The molecule has 0 spiro atoms. The van der Waals surface area contributed by atoms with E-state index < -0.39 is 52.7 Å². The molecular formula is C9H8F3N2O7P. The van der Waals surface area contributed by atoms with Gasteiger partial charge in [-0.15, -0.1) is 0 Å². The maximum atomic E-state index is 12.9. The fourth-order valence-corrected chi connectivity index (χ4v) is 1.87. The van der Waals surface area contributed by atoms with Crippen LogP contribution in [0.5, 0.6) is 0 Å². The van der Waals surface area contributed by atoms with Crippen molar-refractivity contribution >= 4 is 19.0 Å². The van der Waals surface area contributed by atoms with E-state index in [4.69, 9.17) is 4.89 Å². The Bertz CT molecular complexity index is 670. The lowest BCUT2D eigenvalue weighted by molar-refractivity contribution is -0.395. The second-order valence-corrected chi connectivity index (χ2v) is 5.94. The lowest BCUT2D eigenvalue weighted by Gasteiger charge is -2.14. The minimum Gasteiger partial charge on any atom is -0.324 e. The van der Waals surface area contributed by atoms with Crippen LogP contribution in [0.25, 0.3) is 0 Å². The average Bonchev–Trinajstić information content (AvgIpc) is 2.32. The molecule has 0 bridgehead atoms. The van der Waals surface area contributed by atoms with Gasteiger partial charge in [0.05, 0.1) is 33.6 Å². The first-order chi connectivity index (χ1) is 9.83. The van der Waals surface area contributed by atoms with Crippen LogP contribution in [0.3, 0.4) is 0 Å². The summed E-state index contributed by atoms with van der Waals surface area (Å²) in [6, 6.07) is 0.426. The Kier molecular flexibility index (Phi) is 4.90. The normalized spacial score (nSPS) is 14.4. The summed E-state index contributed by atoms with van der Waals surface area (Å²) in [7, 11) is -4.21. The van der Waals surface area contributed by atoms with Gasteiger partial charge in [-0.25, -0.2) is 0 Å². The van der Waals surface area contributed by atoms with Crippen molar-refractivity contribution in [3.05, 3.63) is 43.5 Å². The summed E-state index contributed by atoms with van der Waals surface area (Å²) in [5.74, 6) is 0. The van der Waals surface area contributed by atoms with Crippen molar-refractivity contribution in [2.45, 2.75) is 12.8 Å². The molecule has 0 radical (unpaired) electrons. The number of nitro benzene ring substituents is 2. The topological polar surface area (TPSA) is 133 Å². The van der Waals surface area contributed by atoms with E-state index in [0.29, 0.717) is 12.7 Å². The third-order valence-electron chi connectivity index (χ3n) is 2.37. The van der Waals surface area contributed by atoms with E-state index in [1.165, 1.54) is 0 Å². The fraction of sp³-hybridized carbons (Fsp3) is 0.333. The molecule has 1 rings (SSSR count). The summed E-state index contributed by atoms with van der Waals surface area (Å²) in [5, 5.41) is 21.4. The highest BCUT2D eigenvalue weighted by Gasteiger charge is 2.39. The molecule has 22 heavy (non-hydrogen) atoms. The maximum Gasteiger partial charge on any atom is 0.417 e. The molecule has 9 nitrogen and oxygen atoms in total. The van der Waals surface area contributed by atoms with Crippen molar-refractivity contribution in [2.75, 3.05) is 6.66 Å². The lowest BCUT2D eigenvalue weighted by atomic mass is 10.0. The molecule has 1 unspecified atom stereocenters. The number of benzene rings is 1. The van der Waals surface area contributed by atoms with Gasteiger partial charge in [0.2, 0.25) is 0 Å². The van der Waals surface area contributed by atoms with Crippen LogP contribution in [0, 0.1) is 20.2 Å². The molecule has 1 aromatic carbocycles. The SMILES string of the molecule is CP(=O)(O)OCc1c([N+](=O)[O-])cc([N+](=O)[O-])cc1C(F)(F)F. The second-order valence-electron chi connectivity index (χ2n) is 4.08. The van der Waals surface area contributed by atoms with Gasteiger partial charge in [-0.05, 0) is 0 Å². The number of non-ortho nitro benzene ring substituents is 1. The molecule has 1 atom stereocenters. The molecule has 0 aliphatic rings. The molecule has 122 valence electrons. The first-order valence-corrected chi connectivity index (χ1v) is 7.33. The van der Waals surface area contributed by atoms with Gasteiger partial charge in [0.15, 0.2) is 0 Å². The van der Waals surface area contributed by atoms with E-state index in [1.54, 1.807) is 0 Å². The van der Waals surface area contributed by atoms with Crippen molar-refractivity contribution in [3.63, 3.8) is 0 Å². The minimum absolute atomic E-state index is 0.101. The second kappa shape index (κ2) is 5.99. The Morgan fingerprint density at radius 3 is 2.18 bits per heavy atom. The Morgan fingerprint density at radius 1 is 1.27 bits per heavy atom. The maximum absolute atomic E-state index is 12.9. The van der Waals surface area contributed by atoms with Crippen LogP contribution in [-0.2, 0) is 21.9 Å². The van der Waals surface area contributed by atoms with Gasteiger partial charge in [0, 0.05) is 12.7 Å². The van der Waals surface area contributed by atoms with Crippen LogP contribution in [0.15, 0.2) is 12.1 Å². The minimum atomic E-state index is -5.15. The smallest absolute Gasteiger partial charge is 0.324 e. The Labute approximate surface area is 120 Å². The van der Waals surface area contributed by atoms with Crippen molar-refractivity contribution < 1.29 is 37.0 Å². The Morgan fingerprint density at radius 2 is 1.82 bits per heavy atom. The van der Waals surface area contributed by atoms with Gasteiger partial charge in [-0.2, -0.15) is 13.2 Å². The van der Waals surface area contributed by atoms with Crippen LogP contribution in [-0.4, -0.2) is 21.4 Å². The van der Waals surface area contributed by atoms with Crippen molar-refractivity contribution in [1.82, 2.24) is 0 Å². The Hall–Kier alpha value is -2.04. The summed E-state index contributed by atoms with van der Waals surface area (Å²) < 4.78 is 54.0. The van der Waals surface area contributed by atoms with Crippen LogP contribution < -0.4 is 0 Å². The summed E-state index contributed by atoms with van der Waals surface area (Å²) in [6.45, 7) is -0.523. The predicted octanol–water partition coefficient (Wildman–Crippen LogP) is 2.85. The molecule has 0 heterocycles. The third kappa shape index (κ3) is 4.48. The number of nitrogens with zero attached hydrogens (tertiary/aromatic N) is 2. The monoisotopic (exact) mass is 344 g/mol. The first kappa shape index (κ1) is 18.0. The van der Waals surface area contributed by atoms with Gasteiger partial charge in [0.25, 0.3) is 11.4 Å². The van der Waals surface area contributed by atoms with Gasteiger partial charge >= 0.3 is 13.8 Å². The quantitative estimate of drug-likeness (QED) is 0.493. The highest BCUT2D eigenvalue weighted by Crippen LogP contribution is 2.43. The molecule has 1 N–H and O–H groups in total. The standard InChI is InChI=1S/C9H8F3N2O7P/c1-22(19,20)21-4-6-7(9(10,11)12)2-5(13(15)16)3-8(6)14(17)18/h2-3H,4H2,1H3,(H,19,20). The third-order valence-corrected chi connectivity index (χ3v) is 2.98. The molecule has 0 aromatic heterocycles. The van der Waals surface area contributed by atoms with E-state index in [0.717, 1.165) is 0 Å². The van der Waals surface area contributed by atoms with Gasteiger partial charge in [0.1, 0.15) is 0 Å². The van der Waals surface area contributed by atoms with E-state index >= 15 is 0 Å². The van der Waals surface area contributed by atoms with E-state index in [-0.39, 0.29) is 6.07 Å². The highest BCUT2D eigenvalue weighted by atomic mass is 31.2. The molecule has 0 saturated carbocycles. The van der Waals surface area contributed by atoms with Crippen LogP contribution in [0.4, 0.5) is 24.5 Å². The predicted molar refractivity (Wildman–Crippen MR) is 65.3 cm³/mol. The zero-order chi connectivity index (χ0) is 17.3. The number of hydrogen-bond acceptors (Lipinski definition) is 6. The molecule has 13 heteroatoms. The van der Waals surface area contributed by atoms with E-state index in [9.17, 15) is 38.0 Å². The van der Waals surface area contributed by atoms with Crippen LogP contribution in [0.1, 0.15) is 11.1 Å². The average molecular weight is 344 g/mol. The summed E-state index contributed by atoms with van der Waals surface area (Å²) in [5.41, 5.74) is -5.11. The van der Waals surface area contributed by atoms with E-state index in [2.05, 4.69) is 4.52 Å². The molecule has 0 aliphatic carbocycles. The van der Waals surface area contributed by atoms with Crippen molar-refractivity contribution in [1.29, 1.82) is 0 Å². The number of rotatable bonds is 5. The molecule has 0 amide bonds. The highest BCUT2D eigenvalue weighted by molar-refractivity contribution is 7.51. The summed E-state index contributed by atoms with van der Waals surface area (Å²) >= 11 is 0. The van der Waals surface area contributed by atoms with Gasteiger partial charge in [-0.1, -0.05) is 0 Å². The van der Waals surface area contributed by atoms with Crippen LogP contribution >= 0.6 is 7.60 Å². The lowest BCUT2D eigenvalue weighted by Crippen LogP contribution is -2.13. The van der Waals surface area contributed by atoms with Crippen LogP contribution in [0.2, 0.25) is 0 Å². The van der Waals surface area contributed by atoms with Crippen molar-refractivity contribution in [2.24, 2.45) is 0 Å². The Balaban J connectivity index is 3.58. The summed E-state index contributed by atoms with van der Waals surface area (Å²) in [6.07, 6.45) is -5.15. The fourth-order valence-electron chi connectivity index (χ4n) is 1.50. The zero-order valence-electron chi connectivity index (χ0n) is 10.7. The number of hydrogen-bond donors (Lipinski definition) is 1. The first-order valence-electron chi connectivity index (χ1n) is 5.30. The molecule has 0 fully saturated rings. The van der Waals surface area contributed by atoms with Crippen molar-refractivity contribution in [3.8, 4) is 0 Å². The van der Waals surface area contributed by atoms with Gasteiger partial charge < -0.3 is 9.42 Å². The number of alkyl halides is 3. The van der Waals surface area contributed by atoms with E-state index in [1.807, 2.05) is 0 Å². The number of nitro groups is 2. The summed E-state index contributed by atoms with van der Waals surface area (Å²) in [4.78, 5) is 27.8. The van der Waals surface area contributed by atoms with Gasteiger partial charge in [-0.3, -0.25) is 24.8 Å².